The van der Waals surface area contributed by atoms with Gasteiger partial charge in [0.1, 0.15) is 12.4 Å². The summed E-state index contributed by atoms with van der Waals surface area (Å²) in [5.41, 5.74) is 2.82. The molecule has 4 rings (SSSR count). The van der Waals surface area contributed by atoms with Gasteiger partial charge in [-0.2, -0.15) is 4.31 Å². The summed E-state index contributed by atoms with van der Waals surface area (Å²) in [6.45, 7) is 5.79. The molecule has 0 atom stereocenters. The fraction of sp³-hybridized carbons (Fsp3) is 0.296. The summed E-state index contributed by atoms with van der Waals surface area (Å²) >= 11 is 0. The number of aryl methyl sites for hydroxylation is 1. The van der Waals surface area contributed by atoms with E-state index in [1.54, 1.807) is 28.6 Å². The number of amides is 1. The number of carbonyl (C=O) groups excluding carboxylic acids is 1. The van der Waals surface area contributed by atoms with Crippen LogP contribution < -0.4 is 10.1 Å². The molecule has 1 aliphatic rings. The zero-order valence-electron chi connectivity index (χ0n) is 19.9. The smallest absolute Gasteiger partial charge is 0.251 e. The lowest BCUT2D eigenvalue weighted by Gasteiger charge is -2.34. The molecule has 0 unspecified atom stereocenters. The second-order valence-corrected chi connectivity index (χ2v) is 10.5. The monoisotopic (exact) mass is 493 g/mol. The van der Waals surface area contributed by atoms with E-state index in [1.165, 1.54) is 0 Å². The first-order valence-electron chi connectivity index (χ1n) is 11.8. The molecule has 7 nitrogen and oxygen atoms in total. The number of piperazine rings is 1. The van der Waals surface area contributed by atoms with Crippen LogP contribution in [-0.4, -0.2) is 62.9 Å². The number of ether oxygens (including phenoxy) is 1. The normalized spacial score (nSPS) is 15.0. The molecule has 1 amide bonds. The minimum Gasteiger partial charge on any atom is -0.492 e. The van der Waals surface area contributed by atoms with Crippen LogP contribution in [0.5, 0.6) is 5.75 Å². The molecule has 1 heterocycles. The first-order chi connectivity index (χ1) is 16.9. The summed E-state index contributed by atoms with van der Waals surface area (Å²) < 4.78 is 32.8. The molecule has 3 aromatic rings. The molecule has 3 aromatic carbocycles. The molecule has 0 radical (unpaired) electrons. The van der Waals surface area contributed by atoms with Crippen LogP contribution in [0.25, 0.3) is 0 Å². The van der Waals surface area contributed by atoms with E-state index in [-0.39, 0.29) is 5.91 Å². The van der Waals surface area contributed by atoms with Gasteiger partial charge in [-0.15, -0.1) is 0 Å². The van der Waals surface area contributed by atoms with Crippen molar-refractivity contribution in [2.75, 3.05) is 39.3 Å². The van der Waals surface area contributed by atoms with Crippen molar-refractivity contribution in [2.24, 2.45) is 0 Å². The minimum atomic E-state index is -3.45. The molecule has 35 heavy (non-hydrogen) atoms. The van der Waals surface area contributed by atoms with E-state index in [0.29, 0.717) is 56.3 Å². The Kier molecular flexibility index (Phi) is 8.17. The third-order valence-corrected chi connectivity index (χ3v) is 7.89. The zero-order valence-corrected chi connectivity index (χ0v) is 20.7. The quantitative estimate of drug-likeness (QED) is 0.463. The SMILES string of the molecule is Cc1cccc(OCCNC(=O)c2ccc(CN3CCN(S(=O)(=O)c4ccccc4)CC3)cc2)c1. The second kappa shape index (κ2) is 11.5. The van der Waals surface area contributed by atoms with Gasteiger partial charge in [0.05, 0.1) is 11.4 Å². The van der Waals surface area contributed by atoms with Gasteiger partial charge in [0.2, 0.25) is 10.0 Å². The lowest BCUT2D eigenvalue weighted by Crippen LogP contribution is -2.48. The number of hydrogen-bond acceptors (Lipinski definition) is 5. The van der Waals surface area contributed by atoms with Gasteiger partial charge in [-0.3, -0.25) is 9.69 Å². The van der Waals surface area contributed by atoms with Gasteiger partial charge in [-0.25, -0.2) is 8.42 Å². The van der Waals surface area contributed by atoms with E-state index in [0.717, 1.165) is 16.9 Å². The first-order valence-corrected chi connectivity index (χ1v) is 13.2. The van der Waals surface area contributed by atoms with E-state index in [9.17, 15) is 13.2 Å². The second-order valence-electron chi connectivity index (χ2n) is 8.61. The molecule has 1 saturated heterocycles. The van der Waals surface area contributed by atoms with Crippen molar-refractivity contribution in [3.8, 4) is 5.75 Å². The van der Waals surface area contributed by atoms with Crippen LogP contribution in [0, 0.1) is 6.92 Å². The molecule has 0 saturated carbocycles. The number of carbonyl (C=O) groups is 1. The fourth-order valence-electron chi connectivity index (χ4n) is 4.03. The van der Waals surface area contributed by atoms with Crippen LogP contribution in [-0.2, 0) is 16.6 Å². The number of nitrogens with zero attached hydrogens (tertiary/aromatic N) is 2. The predicted octanol–water partition coefficient (Wildman–Crippen LogP) is 3.31. The highest BCUT2D eigenvalue weighted by atomic mass is 32.2. The number of nitrogens with one attached hydrogen (secondary N) is 1. The molecule has 0 spiro atoms. The molecule has 0 aromatic heterocycles. The van der Waals surface area contributed by atoms with Crippen LogP contribution in [0.4, 0.5) is 0 Å². The van der Waals surface area contributed by atoms with Gasteiger partial charge in [0, 0.05) is 38.3 Å². The Morgan fingerprint density at radius 3 is 2.31 bits per heavy atom. The van der Waals surface area contributed by atoms with E-state index in [4.69, 9.17) is 4.74 Å². The van der Waals surface area contributed by atoms with Crippen molar-refractivity contribution in [3.63, 3.8) is 0 Å². The van der Waals surface area contributed by atoms with Gasteiger partial charge < -0.3 is 10.1 Å². The van der Waals surface area contributed by atoms with Crippen molar-refractivity contribution >= 4 is 15.9 Å². The summed E-state index contributed by atoms with van der Waals surface area (Å²) in [6, 6.07) is 23.9. The third-order valence-electron chi connectivity index (χ3n) is 5.98. The number of sulfonamides is 1. The van der Waals surface area contributed by atoms with E-state index < -0.39 is 10.0 Å². The highest BCUT2D eigenvalue weighted by Gasteiger charge is 2.28. The van der Waals surface area contributed by atoms with Gasteiger partial charge in [-0.1, -0.05) is 42.5 Å². The Morgan fingerprint density at radius 1 is 0.914 bits per heavy atom. The van der Waals surface area contributed by atoms with Crippen LogP contribution in [0.1, 0.15) is 21.5 Å². The maximum atomic E-state index is 12.8. The first kappa shape index (κ1) is 24.9. The zero-order chi connectivity index (χ0) is 24.7. The molecule has 184 valence electrons. The summed E-state index contributed by atoms with van der Waals surface area (Å²) in [5.74, 6) is 0.659. The molecule has 8 heteroatoms. The molecule has 1 N–H and O–H groups in total. The van der Waals surface area contributed by atoms with Crippen molar-refractivity contribution in [1.29, 1.82) is 0 Å². The largest absolute Gasteiger partial charge is 0.492 e. The lowest BCUT2D eigenvalue weighted by molar-refractivity contribution is 0.0947. The summed E-state index contributed by atoms with van der Waals surface area (Å²) in [6.07, 6.45) is 0. The molecular weight excluding hydrogens is 462 g/mol. The van der Waals surface area contributed by atoms with E-state index in [2.05, 4.69) is 10.2 Å². The van der Waals surface area contributed by atoms with Crippen molar-refractivity contribution in [3.05, 3.63) is 95.6 Å². The molecular formula is C27H31N3O4S. The van der Waals surface area contributed by atoms with Crippen molar-refractivity contribution in [1.82, 2.24) is 14.5 Å². The highest BCUT2D eigenvalue weighted by Crippen LogP contribution is 2.18. The minimum absolute atomic E-state index is 0.135. The van der Waals surface area contributed by atoms with E-state index in [1.807, 2.05) is 61.5 Å². The molecule has 0 aliphatic carbocycles. The molecule has 1 aliphatic heterocycles. The topological polar surface area (TPSA) is 79.0 Å². The standard InChI is InChI=1S/C27H31N3O4S/c1-22-6-5-7-25(20-22)34-19-14-28-27(31)24-12-10-23(11-13-24)21-29-15-17-30(18-16-29)35(32,33)26-8-3-2-4-9-26/h2-13,20H,14-19,21H2,1H3,(H,28,31). The number of benzene rings is 3. The van der Waals surface area contributed by atoms with Crippen LogP contribution in [0.2, 0.25) is 0 Å². The maximum absolute atomic E-state index is 12.8. The summed E-state index contributed by atoms with van der Waals surface area (Å²) in [4.78, 5) is 15.0. The Balaban J connectivity index is 1.21. The van der Waals surface area contributed by atoms with Crippen LogP contribution in [0.15, 0.2) is 83.8 Å². The highest BCUT2D eigenvalue weighted by molar-refractivity contribution is 7.89. The third kappa shape index (κ3) is 6.69. The predicted molar refractivity (Wildman–Crippen MR) is 136 cm³/mol. The van der Waals surface area contributed by atoms with Crippen molar-refractivity contribution < 1.29 is 17.9 Å². The average molecular weight is 494 g/mol. The van der Waals surface area contributed by atoms with Gasteiger partial charge in [0.15, 0.2) is 0 Å². The number of rotatable bonds is 9. The van der Waals surface area contributed by atoms with Crippen LogP contribution >= 0.6 is 0 Å². The Labute approximate surface area is 207 Å². The summed E-state index contributed by atoms with van der Waals surface area (Å²) in [7, 11) is -3.45. The maximum Gasteiger partial charge on any atom is 0.251 e. The Hall–Kier alpha value is -3.20. The Bertz CT molecular complexity index is 1220. The van der Waals surface area contributed by atoms with Gasteiger partial charge >= 0.3 is 0 Å². The molecule has 1 fully saturated rings. The summed E-state index contributed by atoms with van der Waals surface area (Å²) in [5, 5.41) is 2.88. The van der Waals surface area contributed by atoms with Gasteiger partial charge in [-0.05, 0) is 54.4 Å². The lowest BCUT2D eigenvalue weighted by atomic mass is 10.1. The van der Waals surface area contributed by atoms with E-state index >= 15 is 0 Å². The average Bonchev–Trinajstić information content (AvgIpc) is 2.88. The number of hydrogen-bond donors (Lipinski definition) is 1. The molecule has 0 bridgehead atoms. The van der Waals surface area contributed by atoms with Crippen LogP contribution in [0.3, 0.4) is 0 Å². The van der Waals surface area contributed by atoms with Crippen molar-refractivity contribution in [2.45, 2.75) is 18.4 Å². The fourth-order valence-corrected chi connectivity index (χ4v) is 5.47. The van der Waals surface area contributed by atoms with Gasteiger partial charge in [0.25, 0.3) is 5.91 Å². The Morgan fingerprint density at radius 2 is 1.63 bits per heavy atom.